The van der Waals surface area contributed by atoms with Gasteiger partial charge in [-0.2, -0.15) is 0 Å². The van der Waals surface area contributed by atoms with Crippen molar-refractivity contribution in [2.45, 2.75) is 26.8 Å². The molecule has 1 aromatic carbocycles. The monoisotopic (exact) mass is 298 g/mol. The molecule has 0 saturated heterocycles. The Morgan fingerprint density at radius 2 is 2.16 bits per heavy atom. The van der Waals surface area contributed by atoms with Crippen LogP contribution in [0, 0.1) is 5.82 Å². The van der Waals surface area contributed by atoms with Crippen molar-refractivity contribution in [2.75, 3.05) is 6.54 Å². The molecule has 1 aromatic heterocycles. The van der Waals surface area contributed by atoms with E-state index in [1.807, 2.05) is 0 Å². The third-order valence-corrected chi connectivity index (χ3v) is 4.18. The summed E-state index contributed by atoms with van der Waals surface area (Å²) in [5.41, 5.74) is 1.56. The molecule has 5 heteroatoms. The Kier molecular flexibility index (Phi) is 4.91. The van der Waals surface area contributed by atoms with Gasteiger partial charge in [-0.05, 0) is 31.2 Å². The third-order valence-electron chi connectivity index (χ3n) is 2.81. The number of aromatic nitrogens is 1. The van der Waals surface area contributed by atoms with Crippen LogP contribution in [0.4, 0.5) is 4.39 Å². The van der Waals surface area contributed by atoms with E-state index in [0.717, 1.165) is 30.2 Å². The molecule has 2 rings (SSSR count). The van der Waals surface area contributed by atoms with Crippen LogP contribution in [-0.2, 0) is 13.0 Å². The average Bonchev–Trinajstić information content (AvgIpc) is 2.79. The Morgan fingerprint density at radius 1 is 1.37 bits per heavy atom. The molecular weight excluding hydrogens is 283 g/mol. The van der Waals surface area contributed by atoms with Crippen LogP contribution in [0.2, 0.25) is 5.02 Å². The number of nitrogens with zero attached hydrogens (tertiary/aromatic N) is 1. The highest BCUT2D eigenvalue weighted by atomic mass is 35.5. The van der Waals surface area contributed by atoms with E-state index in [1.54, 1.807) is 23.5 Å². The van der Waals surface area contributed by atoms with E-state index in [-0.39, 0.29) is 5.82 Å². The first-order valence-electron chi connectivity index (χ1n) is 6.30. The SMILES string of the molecule is CCNCc1sc(-c2ccc(Cl)cc2F)nc1CC. The number of benzene rings is 1. The average molecular weight is 299 g/mol. The van der Waals surface area contributed by atoms with Crippen molar-refractivity contribution in [3.63, 3.8) is 0 Å². The van der Waals surface area contributed by atoms with Crippen molar-refractivity contribution >= 4 is 22.9 Å². The van der Waals surface area contributed by atoms with Gasteiger partial charge in [-0.3, -0.25) is 0 Å². The van der Waals surface area contributed by atoms with E-state index < -0.39 is 0 Å². The highest BCUT2D eigenvalue weighted by Crippen LogP contribution is 2.31. The molecule has 0 spiro atoms. The fraction of sp³-hybridized carbons (Fsp3) is 0.357. The zero-order valence-corrected chi connectivity index (χ0v) is 12.5. The van der Waals surface area contributed by atoms with Gasteiger partial charge >= 0.3 is 0 Å². The zero-order valence-electron chi connectivity index (χ0n) is 11.0. The molecule has 2 nitrogen and oxygen atoms in total. The number of thiazole rings is 1. The predicted octanol–water partition coefficient (Wildman–Crippen LogP) is 4.27. The van der Waals surface area contributed by atoms with Crippen LogP contribution in [0.5, 0.6) is 0 Å². The molecule has 0 bridgehead atoms. The van der Waals surface area contributed by atoms with Crippen molar-refractivity contribution in [3.8, 4) is 10.6 Å². The summed E-state index contributed by atoms with van der Waals surface area (Å²) in [7, 11) is 0. The number of hydrogen-bond acceptors (Lipinski definition) is 3. The second kappa shape index (κ2) is 6.46. The van der Waals surface area contributed by atoms with Crippen molar-refractivity contribution in [1.29, 1.82) is 0 Å². The molecule has 2 aromatic rings. The van der Waals surface area contributed by atoms with Gasteiger partial charge in [-0.1, -0.05) is 25.4 Å². The summed E-state index contributed by atoms with van der Waals surface area (Å²) in [6, 6.07) is 4.71. The van der Waals surface area contributed by atoms with Crippen LogP contribution in [-0.4, -0.2) is 11.5 Å². The molecule has 102 valence electrons. The van der Waals surface area contributed by atoms with E-state index in [2.05, 4.69) is 24.1 Å². The van der Waals surface area contributed by atoms with Gasteiger partial charge in [-0.25, -0.2) is 9.37 Å². The standard InChI is InChI=1S/C14H16ClFN2S/c1-3-12-13(8-17-4-2)19-14(18-12)10-6-5-9(15)7-11(10)16/h5-7,17H,3-4,8H2,1-2H3. The maximum atomic E-state index is 13.9. The number of aryl methyl sites for hydroxylation is 1. The lowest BCUT2D eigenvalue weighted by Crippen LogP contribution is -2.11. The van der Waals surface area contributed by atoms with Crippen LogP contribution in [0.25, 0.3) is 10.6 Å². The van der Waals surface area contributed by atoms with E-state index in [4.69, 9.17) is 11.6 Å². The highest BCUT2D eigenvalue weighted by Gasteiger charge is 2.14. The normalized spacial score (nSPS) is 10.9. The minimum Gasteiger partial charge on any atom is -0.312 e. The molecule has 0 radical (unpaired) electrons. The first kappa shape index (κ1) is 14.4. The summed E-state index contributed by atoms with van der Waals surface area (Å²) in [5.74, 6) is -0.320. The Morgan fingerprint density at radius 3 is 2.79 bits per heavy atom. The minimum absolute atomic E-state index is 0.320. The number of hydrogen-bond donors (Lipinski definition) is 1. The topological polar surface area (TPSA) is 24.9 Å². The number of rotatable bonds is 5. The fourth-order valence-corrected chi connectivity index (χ4v) is 3.12. The van der Waals surface area contributed by atoms with E-state index in [9.17, 15) is 4.39 Å². The fourth-order valence-electron chi connectivity index (χ4n) is 1.81. The molecule has 0 saturated carbocycles. The summed E-state index contributed by atoms with van der Waals surface area (Å²) in [4.78, 5) is 5.71. The van der Waals surface area contributed by atoms with Crippen LogP contribution in [0.15, 0.2) is 18.2 Å². The third kappa shape index (κ3) is 3.32. The van der Waals surface area contributed by atoms with Crippen molar-refractivity contribution < 1.29 is 4.39 Å². The second-order valence-corrected chi connectivity index (χ2v) is 5.67. The molecule has 0 atom stereocenters. The molecule has 0 aliphatic carbocycles. The molecule has 1 N–H and O–H groups in total. The van der Waals surface area contributed by atoms with Crippen LogP contribution < -0.4 is 5.32 Å². The maximum absolute atomic E-state index is 13.9. The molecule has 0 aliphatic rings. The van der Waals surface area contributed by atoms with E-state index >= 15 is 0 Å². The molecular formula is C14H16ClFN2S. The summed E-state index contributed by atoms with van der Waals surface area (Å²) >= 11 is 7.31. The Labute approximate surface area is 121 Å². The smallest absolute Gasteiger partial charge is 0.134 e. The van der Waals surface area contributed by atoms with Crippen molar-refractivity contribution in [3.05, 3.63) is 39.6 Å². The minimum atomic E-state index is -0.320. The summed E-state index contributed by atoms with van der Waals surface area (Å²) in [6.07, 6.45) is 0.854. The van der Waals surface area contributed by atoms with Gasteiger partial charge in [0, 0.05) is 22.0 Å². The van der Waals surface area contributed by atoms with Gasteiger partial charge in [-0.15, -0.1) is 11.3 Å². The molecule has 0 amide bonds. The van der Waals surface area contributed by atoms with Crippen molar-refractivity contribution in [2.24, 2.45) is 0 Å². The van der Waals surface area contributed by atoms with Gasteiger partial charge in [0.2, 0.25) is 0 Å². The molecule has 1 heterocycles. The number of halogens is 2. The summed E-state index contributed by atoms with van der Waals surface area (Å²) in [5, 5.41) is 4.41. The molecule has 19 heavy (non-hydrogen) atoms. The van der Waals surface area contributed by atoms with Crippen LogP contribution in [0.3, 0.4) is 0 Å². The predicted molar refractivity (Wildman–Crippen MR) is 79.3 cm³/mol. The van der Waals surface area contributed by atoms with Gasteiger partial charge in [0.1, 0.15) is 10.8 Å². The van der Waals surface area contributed by atoms with Crippen LogP contribution >= 0.6 is 22.9 Å². The van der Waals surface area contributed by atoms with E-state index in [0.29, 0.717) is 10.6 Å². The van der Waals surface area contributed by atoms with Gasteiger partial charge in [0.15, 0.2) is 0 Å². The highest BCUT2D eigenvalue weighted by molar-refractivity contribution is 7.15. The van der Waals surface area contributed by atoms with Gasteiger partial charge in [0.05, 0.1) is 5.69 Å². The quantitative estimate of drug-likeness (QED) is 0.891. The lowest BCUT2D eigenvalue weighted by molar-refractivity contribution is 0.631. The Hall–Kier alpha value is -0.970. The first-order valence-corrected chi connectivity index (χ1v) is 7.49. The second-order valence-electron chi connectivity index (χ2n) is 4.15. The maximum Gasteiger partial charge on any atom is 0.134 e. The van der Waals surface area contributed by atoms with Gasteiger partial charge in [0.25, 0.3) is 0 Å². The van der Waals surface area contributed by atoms with Crippen LogP contribution in [0.1, 0.15) is 24.4 Å². The lowest BCUT2D eigenvalue weighted by atomic mass is 10.2. The Balaban J connectivity index is 2.36. The number of nitrogens with one attached hydrogen (secondary N) is 1. The molecule has 0 unspecified atom stereocenters. The van der Waals surface area contributed by atoms with Gasteiger partial charge < -0.3 is 5.32 Å². The lowest BCUT2D eigenvalue weighted by Gasteiger charge is -1.99. The largest absolute Gasteiger partial charge is 0.312 e. The van der Waals surface area contributed by atoms with Crippen molar-refractivity contribution in [1.82, 2.24) is 10.3 Å². The summed E-state index contributed by atoms with van der Waals surface area (Å²) < 4.78 is 13.9. The van der Waals surface area contributed by atoms with E-state index in [1.165, 1.54) is 10.9 Å². The first-order chi connectivity index (χ1) is 9.15. The molecule has 0 aliphatic heterocycles. The summed E-state index contributed by atoms with van der Waals surface area (Å²) in [6.45, 7) is 5.82. The molecule has 0 fully saturated rings. The zero-order chi connectivity index (χ0) is 13.8. The Bertz CT molecular complexity index is 569.